The molecule has 0 aliphatic heterocycles. The first-order chi connectivity index (χ1) is 21.9. The number of fused-ring (bicyclic) bond motifs is 2. The fourth-order valence-corrected chi connectivity index (χ4v) is 6.72. The van der Waals surface area contributed by atoms with Gasteiger partial charge < -0.3 is 11.5 Å². The number of anilines is 2. The zero-order valence-corrected chi connectivity index (χ0v) is 25.3. The van der Waals surface area contributed by atoms with Gasteiger partial charge in [-0.3, -0.25) is 9.11 Å². The van der Waals surface area contributed by atoms with Crippen molar-refractivity contribution in [2.24, 2.45) is 20.5 Å². The van der Waals surface area contributed by atoms with Gasteiger partial charge in [0.2, 0.25) is 0 Å². The van der Waals surface area contributed by atoms with Crippen molar-refractivity contribution in [1.82, 2.24) is 0 Å². The molecule has 0 heterocycles. The van der Waals surface area contributed by atoms with Crippen molar-refractivity contribution >= 4 is 75.9 Å². The first-order valence-electron chi connectivity index (χ1n) is 13.5. The molecule has 46 heavy (non-hydrogen) atoms. The number of benzene rings is 6. The van der Waals surface area contributed by atoms with Crippen LogP contribution in [0.2, 0.25) is 0 Å². The molecule has 0 amide bonds. The SMILES string of the molecule is Nc1cc(N=Nc2ccc(-c3ccc(N=Nc4cc(N)c5ccccc5c4S(=O)(=O)O)cc3)cc2)c(S(=O)(=O)O)c2ccccc12. The normalized spacial score (nSPS) is 12.5. The summed E-state index contributed by atoms with van der Waals surface area (Å²) in [5.74, 6) is 0. The molecule has 12 nitrogen and oxygen atoms in total. The summed E-state index contributed by atoms with van der Waals surface area (Å²) in [6.45, 7) is 0. The number of nitrogens with zero attached hydrogens (tertiary/aromatic N) is 4. The molecule has 0 unspecified atom stereocenters. The van der Waals surface area contributed by atoms with Gasteiger partial charge in [0.05, 0.1) is 11.4 Å². The maximum Gasteiger partial charge on any atom is 0.297 e. The molecule has 0 saturated carbocycles. The van der Waals surface area contributed by atoms with Crippen LogP contribution >= 0.6 is 0 Å². The van der Waals surface area contributed by atoms with Gasteiger partial charge in [0.1, 0.15) is 21.2 Å². The van der Waals surface area contributed by atoms with Crippen molar-refractivity contribution in [2.45, 2.75) is 9.79 Å². The Balaban J connectivity index is 1.24. The number of hydrogen-bond donors (Lipinski definition) is 4. The molecule has 0 fully saturated rings. The number of hydrogen-bond acceptors (Lipinski definition) is 10. The van der Waals surface area contributed by atoms with Gasteiger partial charge >= 0.3 is 0 Å². The van der Waals surface area contributed by atoms with Crippen LogP contribution in [0.25, 0.3) is 32.7 Å². The van der Waals surface area contributed by atoms with E-state index in [-0.39, 0.29) is 43.3 Å². The van der Waals surface area contributed by atoms with Crippen LogP contribution in [-0.2, 0) is 20.2 Å². The first-order valence-corrected chi connectivity index (χ1v) is 16.4. The van der Waals surface area contributed by atoms with E-state index in [0.717, 1.165) is 11.1 Å². The number of rotatable bonds is 7. The van der Waals surface area contributed by atoms with Gasteiger partial charge in [-0.25, -0.2) is 0 Å². The third-order valence-electron chi connectivity index (χ3n) is 7.15. The van der Waals surface area contributed by atoms with E-state index in [0.29, 0.717) is 22.1 Å². The Kier molecular flexibility index (Phi) is 7.79. The fraction of sp³-hybridized carbons (Fsp3) is 0. The molecule has 0 spiro atoms. The molecule has 0 aliphatic carbocycles. The zero-order chi connectivity index (χ0) is 32.6. The first kappa shape index (κ1) is 30.5. The highest BCUT2D eigenvalue weighted by atomic mass is 32.2. The molecule has 14 heteroatoms. The van der Waals surface area contributed by atoms with Crippen LogP contribution in [0, 0.1) is 0 Å². The van der Waals surface area contributed by atoms with Gasteiger partial charge in [0.25, 0.3) is 20.2 Å². The Morgan fingerprint density at radius 3 is 1.11 bits per heavy atom. The van der Waals surface area contributed by atoms with Crippen molar-refractivity contribution in [3.05, 3.63) is 109 Å². The Bertz CT molecular complexity index is 2260. The predicted octanol–water partition coefficient (Wildman–Crippen LogP) is 8.15. The minimum absolute atomic E-state index is 0.0948. The molecule has 6 rings (SSSR count). The predicted molar refractivity (Wildman–Crippen MR) is 177 cm³/mol. The van der Waals surface area contributed by atoms with Crippen molar-refractivity contribution in [1.29, 1.82) is 0 Å². The van der Waals surface area contributed by atoms with Crippen molar-refractivity contribution in [2.75, 3.05) is 11.5 Å². The summed E-state index contributed by atoms with van der Waals surface area (Å²) < 4.78 is 68.6. The smallest absolute Gasteiger partial charge is 0.297 e. The summed E-state index contributed by atoms with van der Waals surface area (Å²) >= 11 is 0. The van der Waals surface area contributed by atoms with Crippen LogP contribution in [0.3, 0.4) is 0 Å². The number of azo groups is 2. The Hall–Kier alpha value is -5.54. The molecule has 0 atom stereocenters. The maximum atomic E-state index is 12.2. The van der Waals surface area contributed by atoms with E-state index in [1.165, 1.54) is 24.3 Å². The van der Waals surface area contributed by atoms with Gasteiger partial charge in [0.15, 0.2) is 0 Å². The molecule has 6 N–H and O–H groups in total. The average Bonchev–Trinajstić information content (AvgIpc) is 3.02. The van der Waals surface area contributed by atoms with Crippen LogP contribution in [0.5, 0.6) is 0 Å². The van der Waals surface area contributed by atoms with Crippen molar-refractivity contribution < 1.29 is 25.9 Å². The second-order valence-electron chi connectivity index (χ2n) is 10.2. The highest BCUT2D eigenvalue weighted by Gasteiger charge is 2.22. The van der Waals surface area contributed by atoms with Crippen LogP contribution in [-0.4, -0.2) is 25.9 Å². The molecule has 0 aromatic heterocycles. The third kappa shape index (κ3) is 6.05. The molecule has 6 aromatic carbocycles. The molecular formula is C32H24N6O6S2. The van der Waals surface area contributed by atoms with Gasteiger partial charge in [-0.2, -0.15) is 27.1 Å². The quantitative estimate of drug-likeness (QED) is 0.0749. The number of nitrogen functional groups attached to an aromatic ring is 2. The Morgan fingerprint density at radius 2 is 0.783 bits per heavy atom. The summed E-state index contributed by atoms with van der Waals surface area (Å²) in [5.41, 5.74) is 15.1. The Morgan fingerprint density at radius 1 is 0.457 bits per heavy atom. The van der Waals surface area contributed by atoms with Crippen LogP contribution < -0.4 is 11.5 Å². The maximum absolute atomic E-state index is 12.2. The highest BCUT2D eigenvalue weighted by Crippen LogP contribution is 2.39. The lowest BCUT2D eigenvalue weighted by atomic mass is 10.1. The molecule has 0 aliphatic rings. The summed E-state index contributed by atoms with van der Waals surface area (Å²) in [4.78, 5) is -0.763. The minimum atomic E-state index is -4.63. The summed E-state index contributed by atoms with van der Waals surface area (Å²) in [5, 5.41) is 17.8. The van der Waals surface area contributed by atoms with E-state index < -0.39 is 20.2 Å². The molecule has 6 aromatic rings. The largest absolute Gasteiger partial charge is 0.398 e. The summed E-state index contributed by atoms with van der Waals surface area (Å²) in [7, 11) is -9.27. The third-order valence-corrected chi connectivity index (χ3v) is 9.04. The van der Waals surface area contributed by atoms with E-state index >= 15 is 0 Å². The van der Waals surface area contributed by atoms with Crippen LogP contribution in [0.1, 0.15) is 0 Å². The van der Waals surface area contributed by atoms with Gasteiger partial charge in [0, 0.05) is 32.9 Å². The fourth-order valence-electron chi connectivity index (χ4n) is 5.08. The van der Waals surface area contributed by atoms with Crippen molar-refractivity contribution in [3.8, 4) is 11.1 Å². The van der Waals surface area contributed by atoms with E-state index in [1.54, 1.807) is 84.9 Å². The molecule has 0 saturated heterocycles. The van der Waals surface area contributed by atoms with E-state index in [2.05, 4.69) is 20.5 Å². The topological polar surface area (TPSA) is 210 Å². The lowest BCUT2D eigenvalue weighted by Crippen LogP contribution is -2.01. The summed E-state index contributed by atoms with van der Waals surface area (Å²) in [6, 6.07) is 29.6. The van der Waals surface area contributed by atoms with Crippen LogP contribution in [0.15, 0.2) is 139 Å². The van der Waals surface area contributed by atoms with E-state index in [1.807, 2.05) is 0 Å². The zero-order valence-electron chi connectivity index (χ0n) is 23.7. The molecule has 0 radical (unpaired) electrons. The Labute approximate surface area is 263 Å². The second-order valence-corrected chi connectivity index (χ2v) is 12.9. The average molecular weight is 653 g/mol. The highest BCUT2D eigenvalue weighted by molar-refractivity contribution is 7.86. The van der Waals surface area contributed by atoms with Crippen LogP contribution in [0.4, 0.5) is 34.1 Å². The molecule has 0 bridgehead atoms. The standard InChI is InChI=1S/C32H24N6O6S2/c33-27-17-29(31(45(39,40)41)25-7-3-1-5-23(25)27)37-35-21-13-9-19(10-14-21)20-11-15-22(16-12-20)36-38-30-18-28(34)24-6-2-4-8-26(24)32(30)46(42,43)44/h1-18H,33-34H2,(H,39,40,41)(H,42,43,44). The van der Waals surface area contributed by atoms with E-state index in [4.69, 9.17) is 11.5 Å². The molecular weight excluding hydrogens is 629 g/mol. The molecule has 230 valence electrons. The van der Waals surface area contributed by atoms with Crippen molar-refractivity contribution in [3.63, 3.8) is 0 Å². The number of nitrogens with two attached hydrogens (primary N) is 2. The minimum Gasteiger partial charge on any atom is -0.398 e. The summed E-state index contributed by atoms with van der Waals surface area (Å²) in [6.07, 6.45) is 0. The monoisotopic (exact) mass is 652 g/mol. The van der Waals surface area contributed by atoms with Gasteiger partial charge in [-0.05, 0) is 47.5 Å². The lowest BCUT2D eigenvalue weighted by Gasteiger charge is -2.09. The second kappa shape index (κ2) is 11.8. The van der Waals surface area contributed by atoms with E-state index in [9.17, 15) is 25.9 Å². The lowest BCUT2D eigenvalue weighted by molar-refractivity contribution is 0.482. The van der Waals surface area contributed by atoms with Gasteiger partial charge in [-0.15, -0.1) is 10.2 Å². The van der Waals surface area contributed by atoms with Gasteiger partial charge in [-0.1, -0.05) is 72.8 Å².